The molecule has 0 aliphatic rings. The van der Waals surface area contributed by atoms with Crippen molar-refractivity contribution in [2.45, 2.75) is 58.8 Å². The van der Waals surface area contributed by atoms with Gasteiger partial charge in [0.05, 0.1) is 12.3 Å². The Morgan fingerprint density at radius 3 is 2.52 bits per heavy atom. The standard InChI is InChI=1S/C22H30N2O4S/c1-5-28-20(27)22(12-10-15(2)3,13-11-19(25)26)18-14-29-21(24-18)23-17-8-6-16(4)7-9-17/h6-9,14-15H,5,10-13H2,1-4H3,(H,23,24)(H,25,26)/t22-/m1/s1. The van der Waals surface area contributed by atoms with Gasteiger partial charge in [-0.25, -0.2) is 4.98 Å². The summed E-state index contributed by atoms with van der Waals surface area (Å²) in [7, 11) is 0. The maximum Gasteiger partial charge on any atom is 0.318 e. The number of rotatable bonds is 11. The lowest BCUT2D eigenvalue weighted by Gasteiger charge is -2.30. The van der Waals surface area contributed by atoms with Gasteiger partial charge in [-0.1, -0.05) is 31.5 Å². The Labute approximate surface area is 176 Å². The third-order valence-electron chi connectivity index (χ3n) is 4.88. The molecule has 29 heavy (non-hydrogen) atoms. The number of nitrogens with zero attached hydrogens (tertiary/aromatic N) is 1. The van der Waals surface area contributed by atoms with E-state index >= 15 is 0 Å². The van der Waals surface area contributed by atoms with Gasteiger partial charge in [0.15, 0.2) is 5.13 Å². The minimum absolute atomic E-state index is 0.116. The highest BCUT2D eigenvalue weighted by molar-refractivity contribution is 7.13. The number of carbonyl (C=O) groups is 2. The molecule has 1 aromatic heterocycles. The van der Waals surface area contributed by atoms with Crippen molar-refractivity contribution in [1.29, 1.82) is 0 Å². The number of aromatic nitrogens is 1. The van der Waals surface area contributed by atoms with Gasteiger partial charge in [-0.05, 0) is 51.2 Å². The highest BCUT2D eigenvalue weighted by atomic mass is 32.1. The van der Waals surface area contributed by atoms with Crippen molar-refractivity contribution in [3.63, 3.8) is 0 Å². The van der Waals surface area contributed by atoms with Gasteiger partial charge in [0, 0.05) is 17.5 Å². The zero-order valence-electron chi connectivity index (χ0n) is 17.5. The molecule has 158 valence electrons. The zero-order valence-corrected chi connectivity index (χ0v) is 18.3. The fraction of sp³-hybridized carbons (Fsp3) is 0.500. The molecule has 0 fully saturated rings. The first-order valence-corrected chi connectivity index (χ1v) is 10.8. The van der Waals surface area contributed by atoms with Gasteiger partial charge in [0.1, 0.15) is 5.41 Å². The molecule has 1 aromatic carbocycles. The maximum absolute atomic E-state index is 13.0. The van der Waals surface area contributed by atoms with Gasteiger partial charge in [-0.15, -0.1) is 11.3 Å². The van der Waals surface area contributed by atoms with Crippen LogP contribution in [-0.2, 0) is 19.7 Å². The van der Waals surface area contributed by atoms with Crippen molar-refractivity contribution in [3.05, 3.63) is 40.9 Å². The van der Waals surface area contributed by atoms with Crippen molar-refractivity contribution in [3.8, 4) is 0 Å². The second kappa shape index (κ2) is 10.4. The molecular weight excluding hydrogens is 388 g/mol. The predicted molar refractivity (Wildman–Crippen MR) is 116 cm³/mol. The Balaban J connectivity index is 2.37. The van der Waals surface area contributed by atoms with Crippen LogP contribution in [0.2, 0.25) is 0 Å². The summed E-state index contributed by atoms with van der Waals surface area (Å²) >= 11 is 1.40. The Kier molecular flexibility index (Phi) is 8.20. The second-order valence-corrected chi connectivity index (χ2v) is 8.52. The lowest BCUT2D eigenvalue weighted by molar-refractivity contribution is -0.151. The van der Waals surface area contributed by atoms with Gasteiger partial charge >= 0.3 is 11.9 Å². The van der Waals surface area contributed by atoms with E-state index in [1.54, 1.807) is 6.92 Å². The molecule has 2 rings (SSSR count). The van der Waals surface area contributed by atoms with Crippen LogP contribution in [0.4, 0.5) is 10.8 Å². The number of hydrogen-bond donors (Lipinski definition) is 2. The zero-order chi connectivity index (χ0) is 21.4. The van der Waals surface area contributed by atoms with Gasteiger partial charge in [0.2, 0.25) is 0 Å². The van der Waals surface area contributed by atoms with E-state index < -0.39 is 17.4 Å². The molecule has 7 heteroatoms. The second-order valence-electron chi connectivity index (χ2n) is 7.66. The number of ether oxygens (including phenoxy) is 1. The van der Waals surface area contributed by atoms with Gasteiger partial charge in [0.25, 0.3) is 0 Å². The molecular formula is C22H30N2O4S. The largest absolute Gasteiger partial charge is 0.481 e. The van der Waals surface area contributed by atoms with E-state index in [9.17, 15) is 14.7 Å². The number of carboxylic acids is 1. The molecule has 1 atom stereocenters. The number of hydrogen-bond acceptors (Lipinski definition) is 6. The van der Waals surface area contributed by atoms with Crippen LogP contribution in [0.25, 0.3) is 0 Å². The third-order valence-corrected chi connectivity index (χ3v) is 5.64. The normalized spacial score (nSPS) is 13.1. The Hall–Kier alpha value is -2.41. The first-order chi connectivity index (χ1) is 13.8. The summed E-state index contributed by atoms with van der Waals surface area (Å²) in [4.78, 5) is 29.0. The number of aliphatic carboxylic acids is 1. The van der Waals surface area contributed by atoms with Crippen LogP contribution in [0.1, 0.15) is 57.7 Å². The molecule has 0 saturated heterocycles. The monoisotopic (exact) mass is 418 g/mol. The minimum Gasteiger partial charge on any atom is -0.481 e. The molecule has 2 N–H and O–H groups in total. The molecule has 0 spiro atoms. The fourth-order valence-electron chi connectivity index (χ4n) is 3.13. The summed E-state index contributed by atoms with van der Waals surface area (Å²) in [5, 5.41) is 15.0. The van der Waals surface area contributed by atoms with E-state index in [1.807, 2.05) is 36.6 Å². The highest BCUT2D eigenvalue weighted by Crippen LogP contribution is 2.39. The molecule has 0 amide bonds. The van der Waals surface area contributed by atoms with Crippen molar-refractivity contribution < 1.29 is 19.4 Å². The number of benzene rings is 1. The van der Waals surface area contributed by atoms with Crippen LogP contribution in [0.3, 0.4) is 0 Å². The number of carboxylic acid groups (broad SMARTS) is 1. The summed E-state index contributed by atoms with van der Waals surface area (Å²) in [5.74, 6) is -0.956. The lowest BCUT2D eigenvalue weighted by atomic mass is 9.75. The number of carbonyl (C=O) groups excluding carboxylic acids is 1. The smallest absolute Gasteiger partial charge is 0.318 e. The van der Waals surface area contributed by atoms with Crippen molar-refractivity contribution in [1.82, 2.24) is 4.98 Å². The summed E-state index contributed by atoms with van der Waals surface area (Å²) in [6.07, 6.45) is 1.33. The van der Waals surface area contributed by atoms with Crippen LogP contribution in [-0.4, -0.2) is 28.6 Å². The number of aryl methyl sites for hydroxylation is 1. The molecule has 2 aromatic rings. The lowest BCUT2D eigenvalue weighted by Crippen LogP contribution is -2.39. The SMILES string of the molecule is CCOC(=O)[C@@](CCC(=O)O)(CCC(C)C)c1csc(Nc2ccc(C)cc2)n1. The average molecular weight is 419 g/mol. The summed E-state index contributed by atoms with van der Waals surface area (Å²) in [6, 6.07) is 7.96. The van der Waals surface area contributed by atoms with Gasteiger partial charge in [-0.2, -0.15) is 0 Å². The van der Waals surface area contributed by atoms with E-state index in [0.29, 0.717) is 23.2 Å². The van der Waals surface area contributed by atoms with E-state index in [2.05, 4.69) is 24.1 Å². The molecule has 0 aliphatic carbocycles. The van der Waals surface area contributed by atoms with Crippen molar-refractivity contribution in [2.24, 2.45) is 5.92 Å². The maximum atomic E-state index is 13.0. The van der Waals surface area contributed by atoms with Crippen LogP contribution in [0.5, 0.6) is 0 Å². The summed E-state index contributed by atoms with van der Waals surface area (Å²) in [6.45, 7) is 8.19. The Morgan fingerprint density at radius 2 is 1.93 bits per heavy atom. The van der Waals surface area contributed by atoms with E-state index in [-0.39, 0.29) is 19.4 Å². The highest BCUT2D eigenvalue weighted by Gasteiger charge is 2.43. The molecule has 0 bridgehead atoms. The third kappa shape index (κ3) is 6.29. The number of anilines is 2. The fourth-order valence-corrected chi connectivity index (χ4v) is 3.96. The van der Waals surface area contributed by atoms with Crippen LogP contribution in [0.15, 0.2) is 29.6 Å². The topological polar surface area (TPSA) is 88.5 Å². The predicted octanol–water partition coefficient (Wildman–Crippen LogP) is 5.30. The molecule has 1 heterocycles. The van der Waals surface area contributed by atoms with Gasteiger partial charge < -0.3 is 15.2 Å². The van der Waals surface area contributed by atoms with Gasteiger partial charge in [-0.3, -0.25) is 9.59 Å². The molecule has 6 nitrogen and oxygen atoms in total. The van der Waals surface area contributed by atoms with Crippen molar-refractivity contribution >= 4 is 34.1 Å². The first kappa shape index (κ1) is 22.9. The quantitative estimate of drug-likeness (QED) is 0.482. The average Bonchev–Trinajstić information content (AvgIpc) is 3.12. The molecule has 0 radical (unpaired) electrons. The van der Waals surface area contributed by atoms with Crippen LogP contribution < -0.4 is 5.32 Å². The van der Waals surface area contributed by atoms with Crippen LogP contribution >= 0.6 is 11.3 Å². The molecule has 0 aliphatic heterocycles. The Bertz CT molecular complexity index is 816. The van der Waals surface area contributed by atoms with E-state index in [1.165, 1.54) is 16.9 Å². The number of esters is 1. The molecule has 0 unspecified atom stereocenters. The summed E-state index contributed by atoms with van der Waals surface area (Å²) in [5.41, 5.74) is 1.60. The molecule has 0 saturated carbocycles. The summed E-state index contributed by atoms with van der Waals surface area (Å²) < 4.78 is 5.38. The minimum atomic E-state index is -1.05. The first-order valence-electron chi connectivity index (χ1n) is 9.95. The van der Waals surface area contributed by atoms with Crippen molar-refractivity contribution in [2.75, 3.05) is 11.9 Å². The number of nitrogens with one attached hydrogen (secondary N) is 1. The number of thiazole rings is 1. The van der Waals surface area contributed by atoms with E-state index in [0.717, 1.165) is 12.1 Å². The Morgan fingerprint density at radius 1 is 1.24 bits per heavy atom. The van der Waals surface area contributed by atoms with E-state index in [4.69, 9.17) is 4.74 Å². The van der Waals surface area contributed by atoms with Crippen LogP contribution in [0, 0.1) is 12.8 Å².